The zero-order valence-corrected chi connectivity index (χ0v) is 16.7. The molecule has 0 aliphatic carbocycles. The topological polar surface area (TPSA) is 74.2 Å². The summed E-state index contributed by atoms with van der Waals surface area (Å²) in [6, 6.07) is 9.71. The standard InChI is InChI=1S/C22H24N6O/c1-16-4-5-20(17(2)12-16)26-21(29)18-13-19(15-23-14-18)27-8-10-28(11-9-27)22-24-6-3-7-25-22/h3-7,12-15H,8-11H2,1-2H3,(H,26,29). The molecule has 0 atom stereocenters. The van der Waals surface area contributed by atoms with Gasteiger partial charge in [-0.2, -0.15) is 0 Å². The number of aromatic nitrogens is 3. The van der Waals surface area contributed by atoms with Crippen molar-refractivity contribution in [1.29, 1.82) is 0 Å². The minimum Gasteiger partial charge on any atom is -0.367 e. The third-order valence-corrected chi connectivity index (χ3v) is 5.10. The van der Waals surface area contributed by atoms with Crippen molar-refractivity contribution in [3.05, 3.63) is 71.8 Å². The van der Waals surface area contributed by atoms with E-state index in [1.54, 1.807) is 18.6 Å². The van der Waals surface area contributed by atoms with Crippen LogP contribution in [-0.2, 0) is 0 Å². The van der Waals surface area contributed by atoms with Gasteiger partial charge in [-0.25, -0.2) is 9.97 Å². The van der Waals surface area contributed by atoms with E-state index in [0.717, 1.165) is 49.1 Å². The largest absolute Gasteiger partial charge is 0.367 e. The Kier molecular flexibility index (Phi) is 5.37. The Balaban J connectivity index is 1.43. The monoisotopic (exact) mass is 388 g/mol. The minimum absolute atomic E-state index is 0.150. The Morgan fingerprint density at radius 1 is 0.966 bits per heavy atom. The van der Waals surface area contributed by atoms with Crippen LogP contribution in [0.15, 0.2) is 55.1 Å². The first kappa shape index (κ1) is 18.9. The summed E-state index contributed by atoms with van der Waals surface area (Å²) in [5.41, 5.74) is 4.54. The van der Waals surface area contributed by atoms with Gasteiger partial charge in [0.1, 0.15) is 0 Å². The number of hydrogen-bond acceptors (Lipinski definition) is 6. The Morgan fingerprint density at radius 2 is 1.69 bits per heavy atom. The van der Waals surface area contributed by atoms with Crippen LogP contribution in [0.5, 0.6) is 0 Å². The van der Waals surface area contributed by atoms with Gasteiger partial charge in [-0.3, -0.25) is 9.78 Å². The van der Waals surface area contributed by atoms with Crippen molar-refractivity contribution in [3.8, 4) is 0 Å². The molecule has 0 unspecified atom stereocenters. The van der Waals surface area contributed by atoms with E-state index in [1.807, 2.05) is 44.3 Å². The highest BCUT2D eigenvalue weighted by atomic mass is 16.1. The Labute approximate surface area is 170 Å². The molecule has 1 fully saturated rings. The minimum atomic E-state index is -0.150. The number of rotatable bonds is 4. The van der Waals surface area contributed by atoms with Crippen LogP contribution in [-0.4, -0.2) is 47.0 Å². The molecule has 3 heterocycles. The third kappa shape index (κ3) is 4.34. The second kappa shape index (κ2) is 8.26. The molecule has 4 rings (SSSR count). The summed E-state index contributed by atoms with van der Waals surface area (Å²) in [7, 11) is 0. The van der Waals surface area contributed by atoms with Crippen LogP contribution < -0.4 is 15.1 Å². The number of aryl methyl sites for hydroxylation is 2. The second-order valence-electron chi connectivity index (χ2n) is 7.23. The highest BCUT2D eigenvalue weighted by molar-refractivity contribution is 6.05. The summed E-state index contributed by atoms with van der Waals surface area (Å²) in [6.45, 7) is 7.32. The van der Waals surface area contributed by atoms with Crippen LogP contribution in [0.3, 0.4) is 0 Å². The molecule has 1 aliphatic heterocycles. The summed E-state index contributed by atoms with van der Waals surface area (Å²) < 4.78 is 0. The summed E-state index contributed by atoms with van der Waals surface area (Å²) in [4.78, 5) is 30.1. The van der Waals surface area contributed by atoms with Crippen molar-refractivity contribution >= 4 is 23.2 Å². The van der Waals surface area contributed by atoms with Crippen LogP contribution in [0.25, 0.3) is 0 Å². The van der Waals surface area contributed by atoms with E-state index in [4.69, 9.17) is 0 Å². The molecular formula is C22H24N6O. The number of benzene rings is 1. The lowest BCUT2D eigenvalue weighted by Gasteiger charge is -2.35. The lowest BCUT2D eigenvalue weighted by Crippen LogP contribution is -2.47. The summed E-state index contributed by atoms with van der Waals surface area (Å²) >= 11 is 0. The van der Waals surface area contributed by atoms with E-state index in [0.29, 0.717) is 5.56 Å². The highest BCUT2D eigenvalue weighted by Crippen LogP contribution is 2.21. The fourth-order valence-corrected chi connectivity index (χ4v) is 3.49. The molecule has 0 bridgehead atoms. The maximum atomic E-state index is 12.7. The molecule has 0 saturated carbocycles. The highest BCUT2D eigenvalue weighted by Gasteiger charge is 2.20. The van der Waals surface area contributed by atoms with Crippen molar-refractivity contribution in [3.63, 3.8) is 0 Å². The number of hydrogen-bond donors (Lipinski definition) is 1. The predicted octanol–water partition coefficient (Wildman–Crippen LogP) is 3.07. The molecule has 1 aliphatic rings. The van der Waals surface area contributed by atoms with E-state index in [1.165, 1.54) is 5.56 Å². The first-order chi connectivity index (χ1) is 14.1. The van der Waals surface area contributed by atoms with Gasteiger partial charge in [-0.05, 0) is 37.6 Å². The van der Waals surface area contributed by atoms with Crippen LogP contribution in [0.2, 0.25) is 0 Å². The van der Waals surface area contributed by atoms with Gasteiger partial charge in [0.25, 0.3) is 5.91 Å². The van der Waals surface area contributed by atoms with Gasteiger partial charge in [0.2, 0.25) is 5.95 Å². The lowest BCUT2D eigenvalue weighted by molar-refractivity contribution is 0.102. The molecule has 7 nitrogen and oxygen atoms in total. The number of pyridine rings is 1. The maximum Gasteiger partial charge on any atom is 0.257 e. The van der Waals surface area contributed by atoms with Crippen molar-refractivity contribution in [2.24, 2.45) is 0 Å². The van der Waals surface area contributed by atoms with E-state index in [-0.39, 0.29) is 5.91 Å². The van der Waals surface area contributed by atoms with Crippen LogP contribution in [0.4, 0.5) is 17.3 Å². The Bertz CT molecular complexity index is 999. The Morgan fingerprint density at radius 3 is 2.41 bits per heavy atom. The van der Waals surface area contributed by atoms with Gasteiger partial charge in [0.05, 0.1) is 17.4 Å². The fraction of sp³-hybridized carbons (Fsp3) is 0.273. The SMILES string of the molecule is Cc1ccc(NC(=O)c2cncc(N3CCN(c4ncccn4)CC3)c2)c(C)c1. The van der Waals surface area contributed by atoms with Crippen LogP contribution in [0.1, 0.15) is 21.5 Å². The molecule has 1 amide bonds. The second-order valence-corrected chi connectivity index (χ2v) is 7.23. The van der Waals surface area contributed by atoms with Crippen molar-refractivity contribution in [2.75, 3.05) is 41.3 Å². The molecular weight excluding hydrogens is 364 g/mol. The van der Waals surface area contributed by atoms with Crippen molar-refractivity contribution in [2.45, 2.75) is 13.8 Å². The fourth-order valence-electron chi connectivity index (χ4n) is 3.49. The normalized spacial score (nSPS) is 14.0. The van der Waals surface area contributed by atoms with Crippen molar-refractivity contribution < 1.29 is 4.79 Å². The number of nitrogens with zero attached hydrogens (tertiary/aromatic N) is 5. The average molecular weight is 388 g/mol. The average Bonchev–Trinajstić information content (AvgIpc) is 2.76. The molecule has 1 N–H and O–H groups in total. The quantitative estimate of drug-likeness (QED) is 0.740. The van der Waals surface area contributed by atoms with Crippen molar-refractivity contribution in [1.82, 2.24) is 15.0 Å². The van der Waals surface area contributed by atoms with Gasteiger partial charge in [-0.15, -0.1) is 0 Å². The third-order valence-electron chi connectivity index (χ3n) is 5.10. The number of anilines is 3. The van der Waals surface area contributed by atoms with E-state index in [2.05, 4.69) is 36.1 Å². The summed E-state index contributed by atoms with van der Waals surface area (Å²) in [5, 5.41) is 2.99. The number of nitrogens with one attached hydrogen (secondary N) is 1. The molecule has 29 heavy (non-hydrogen) atoms. The molecule has 3 aromatic rings. The Hall–Kier alpha value is -3.48. The number of amides is 1. The summed E-state index contributed by atoms with van der Waals surface area (Å²) in [5.74, 6) is 0.606. The van der Waals surface area contributed by atoms with Gasteiger partial charge < -0.3 is 15.1 Å². The molecule has 1 saturated heterocycles. The maximum absolute atomic E-state index is 12.7. The van der Waals surface area contributed by atoms with Gasteiger partial charge in [0.15, 0.2) is 0 Å². The number of carbonyl (C=O) groups excluding carboxylic acids is 1. The molecule has 0 spiro atoms. The molecule has 0 radical (unpaired) electrons. The van der Waals surface area contributed by atoms with Gasteiger partial charge in [-0.1, -0.05) is 17.7 Å². The summed E-state index contributed by atoms with van der Waals surface area (Å²) in [6.07, 6.45) is 6.94. The molecule has 7 heteroatoms. The van der Waals surface area contributed by atoms with E-state index >= 15 is 0 Å². The zero-order chi connectivity index (χ0) is 20.2. The van der Waals surface area contributed by atoms with E-state index < -0.39 is 0 Å². The predicted molar refractivity (Wildman–Crippen MR) is 115 cm³/mol. The van der Waals surface area contributed by atoms with Crippen LogP contribution >= 0.6 is 0 Å². The number of piperazine rings is 1. The molecule has 148 valence electrons. The lowest BCUT2D eigenvalue weighted by atomic mass is 10.1. The van der Waals surface area contributed by atoms with Crippen LogP contribution in [0, 0.1) is 13.8 Å². The molecule has 1 aromatic carbocycles. The van der Waals surface area contributed by atoms with Gasteiger partial charge in [0, 0.05) is 50.5 Å². The zero-order valence-electron chi connectivity index (χ0n) is 16.7. The van der Waals surface area contributed by atoms with Gasteiger partial charge >= 0.3 is 0 Å². The number of carbonyl (C=O) groups is 1. The van der Waals surface area contributed by atoms with E-state index in [9.17, 15) is 4.79 Å². The smallest absolute Gasteiger partial charge is 0.257 e. The molecule has 2 aromatic heterocycles. The first-order valence-electron chi connectivity index (χ1n) is 9.71. The first-order valence-corrected chi connectivity index (χ1v) is 9.71.